The Morgan fingerprint density at radius 3 is 2.39 bits per heavy atom. The minimum Gasteiger partial charge on any atom is -0.406 e. The molecular weight excluding hydrogens is 309 g/mol. The summed E-state index contributed by atoms with van der Waals surface area (Å²) in [7, 11) is 0. The number of alkyl halides is 4. The molecule has 18 heavy (non-hydrogen) atoms. The van der Waals surface area contributed by atoms with Crippen LogP contribution >= 0.6 is 15.9 Å². The van der Waals surface area contributed by atoms with Crippen LogP contribution in [0.5, 0.6) is 5.75 Å². The Balaban J connectivity index is 2.71. The van der Waals surface area contributed by atoms with Crippen LogP contribution in [0.15, 0.2) is 24.3 Å². The molecule has 1 atom stereocenters. The van der Waals surface area contributed by atoms with E-state index in [1.807, 2.05) is 0 Å². The average molecular weight is 325 g/mol. The molecule has 5 heteroatoms. The summed E-state index contributed by atoms with van der Waals surface area (Å²) in [5.41, 5.74) is 0.583. The van der Waals surface area contributed by atoms with Gasteiger partial charge in [-0.2, -0.15) is 0 Å². The van der Waals surface area contributed by atoms with Crippen LogP contribution in [0.2, 0.25) is 0 Å². The zero-order chi connectivity index (χ0) is 13.8. The highest BCUT2D eigenvalue weighted by molar-refractivity contribution is 9.09. The quantitative estimate of drug-likeness (QED) is 0.697. The second-order valence-electron chi connectivity index (χ2n) is 4.45. The molecule has 1 aromatic carbocycles. The molecule has 1 rings (SSSR count). The van der Waals surface area contributed by atoms with Crippen molar-refractivity contribution in [3.8, 4) is 5.75 Å². The van der Waals surface area contributed by atoms with Crippen LogP contribution in [0.3, 0.4) is 0 Å². The first-order chi connectivity index (χ1) is 8.29. The van der Waals surface area contributed by atoms with Gasteiger partial charge < -0.3 is 4.74 Å². The SMILES string of the molecule is CC(C)C(Br)CCc1ccccc1OC(F)(F)F. The molecule has 0 fully saturated rings. The van der Waals surface area contributed by atoms with Crippen LogP contribution in [0.1, 0.15) is 25.8 Å². The maximum Gasteiger partial charge on any atom is 0.573 e. The number of ether oxygens (including phenoxy) is 1. The van der Waals surface area contributed by atoms with E-state index in [2.05, 4.69) is 34.5 Å². The molecule has 0 bridgehead atoms. The number of benzene rings is 1. The van der Waals surface area contributed by atoms with E-state index in [0.29, 0.717) is 17.9 Å². The fourth-order valence-corrected chi connectivity index (χ4v) is 1.79. The Morgan fingerprint density at radius 2 is 1.83 bits per heavy atom. The van der Waals surface area contributed by atoms with Gasteiger partial charge in [-0.1, -0.05) is 48.0 Å². The molecule has 0 aliphatic heterocycles. The lowest BCUT2D eigenvalue weighted by Crippen LogP contribution is -2.18. The van der Waals surface area contributed by atoms with Crippen LogP contribution in [0, 0.1) is 5.92 Å². The smallest absolute Gasteiger partial charge is 0.406 e. The zero-order valence-corrected chi connectivity index (χ0v) is 11.9. The molecule has 102 valence electrons. The van der Waals surface area contributed by atoms with Crippen molar-refractivity contribution < 1.29 is 17.9 Å². The van der Waals surface area contributed by atoms with Gasteiger partial charge in [0.2, 0.25) is 0 Å². The summed E-state index contributed by atoms with van der Waals surface area (Å²) < 4.78 is 40.7. The average Bonchev–Trinajstić information content (AvgIpc) is 2.25. The molecule has 0 amide bonds. The van der Waals surface area contributed by atoms with Crippen molar-refractivity contribution in [2.45, 2.75) is 37.9 Å². The van der Waals surface area contributed by atoms with Crippen molar-refractivity contribution in [1.29, 1.82) is 0 Å². The summed E-state index contributed by atoms with van der Waals surface area (Å²) in [6.07, 6.45) is -3.31. The normalized spacial score (nSPS) is 13.7. The van der Waals surface area contributed by atoms with Crippen molar-refractivity contribution in [1.82, 2.24) is 0 Å². The number of hydrogen-bond acceptors (Lipinski definition) is 1. The lowest BCUT2D eigenvalue weighted by Gasteiger charge is -2.16. The third-order valence-electron chi connectivity index (χ3n) is 2.61. The molecule has 1 nitrogen and oxygen atoms in total. The van der Waals surface area contributed by atoms with Gasteiger partial charge in [-0.05, 0) is 30.4 Å². The summed E-state index contributed by atoms with van der Waals surface area (Å²) in [5.74, 6) is 0.342. The summed E-state index contributed by atoms with van der Waals surface area (Å²) in [5, 5.41) is 0. The van der Waals surface area contributed by atoms with E-state index in [1.54, 1.807) is 18.2 Å². The standard InChI is InChI=1S/C13H16BrF3O/c1-9(2)11(14)8-7-10-5-3-4-6-12(10)18-13(15,16)17/h3-6,9,11H,7-8H2,1-2H3. The molecule has 1 aromatic rings. The second kappa shape index (κ2) is 6.45. The van der Waals surface area contributed by atoms with Gasteiger partial charge in [0.15, 0.2) is 0 Å². The van der Waals surface area contributed by atoms with Crippen molar-refractivity contribution in [3.63, 3.8) is 0 Å². The predicted molar refractivity (Wildman–Crippen MR) is 69.0 cm³/mol. The number of halogens is 4. The first kappa shape index (κ1) is 15.3. The van der Waals surface area contributed by atoms with E-state index in [-0.39, 0.29) is 10.6 Å². The van der Waals surface area contributed by atoms with Crippen LogP contribution in [0.25, 0.3) is 0 Å². The molecule has 0 aliphatic rings. The molecule has 0 heterocycles. The Labute approximate surface area is 113 Å². The van der Waals surface area contributed by atoms with Gasteiger partial charge in [0, 0.05) is 4.83 Å². The van der Waals surface area contributed by atoms with Crippen LogP contribution in [-0.4, -0.2) is 11.2 Å². The highest BCUT2D eigenvalue weighted by Crippen LogP contribution is 2.28. The largest absolute Gasteiger partial charge is 0.573 e. The van der Waals surface area contributed by atoms with Gasteiger partial charge in [-0.15, -0.1) is 13.2 Å². The van der Waals surface area contributed by atoms with E-state index in [4.69, 9.17) is 0 Å². The molecular formula is C13H16BrF3O. The van der Waals surface area contributed by atoms with Gasteiger partial charge in [-0.25, -0.2) is 0 Å². The van der Waals surface area contributed by atoms with Crippen molar-refractivity contribution in [2.24, 2.45) is 5.92 Å². The van der Waals surface area contributed by atoms with E-state index >= 15 is 0 Å². The maximum absolute atomic E-state index is 12.2. The van der Waals surface area contributed by atoms with Crippen molar-refractivity contribution in [2.75, 3.05) is 0 Å². The summed E-state index contributed by atoms with van der Waals surface area (Å²) in [6, 6.07) is 6.28. The molecule has 0 saturated carbocycles. The minimum atomic E-state index is -4.64. The highest BCUT2D eigenvalue weighted by atomic mass is 79.9. The Kier molecular flexibility index (Phi) is 5.50. The van der Waals surface area contributed by atoms with Crippen LogP contribution < -0.4 is 4.74 Å². The van der Waals surface area contributed by atoms with Crippen LogP contribution in [-0.2, 0) is 6.42 Å². The number of hydrogen-bond donors (Lipinski definition) is 0. The van der Waals surface area contributed by atoms with E-state index in [1.165, 1.54) is 6.07 Å². The molecule has 0 saturated heterocycles. The Hall–Kier alpha value is -0.710. The monoisotopic (exact) mass is 324 g/mol. The summed E-state index contributed by atoms with van der Waals surface area (Å²) in [6.45, 7) is 4.13. The molecule has 0 aromatic heterocycles. The molecule has 0 radical (unpaired) electrons. The molecule has 0 spiro atoms. The third-order valence-corrected chi connectivity index (χ3v) is 4.13. The maximum atomic E-state index is 12.2. The Morgan fingerprint density at radius 1 is 1.22 bits per heavy atom. The van der Waals surface area contributed by atoms with Gasteiger partial charge >= 0.3 is 6.36 Å². The van der Waals surface area contributed by atoms with Crippen molar-refractivity contribution in [3.05, 3.63) is 29.8 Å². The predicted octanol–water partition coefficient (Wildman–Crippen LogP) is 4.94. The zero-order valence-electron chi connectivity index (χ0n) is 10.3. The first-order valence-corrected chi connectivity index (χ1v) is 6.69. The number of rotatable bonds is 5. The lowest BCUT2D eigenvalue weighted by molar-refractivity contribution is -0.274. The topological polar surface area (TPSA) is 9.23 Å². The van der Waals surface area contributed by atoms with Crippen molar-refractivity contribution >= 4 is 15.9 Å². The fraction of sp³-hybridized carbons (Fsp3) is 0.538. The van der Waals surface area contributed by atoms with Crippen LogP contribution in [0.4, 0.5) is 13.2 Å². The van der Waals surface area contributed by atoms with Gasteiger partial charge in [0.05, 0.1) is 0 Å². The van der Waals surface area contributed by atoms with E-state index < -0.39 is 6.36 Å². The molecule has 0 aliphatic carbocycles. The van der Waals surface area contributed by atoms with Gasteiger partial charge in [-0.3, -0.25) is 0 Å². The van der Waals surface area contributed by atoms with Gasteiger partial charge in [0.25, 0.3) is 0 Å². The first-order valence-electron chi connectivity index (χ1n) is 5.77. The Bertz CT molecular complexity index is 377. The lowest BCUT2D eigenvalue weighted by atomic mass is 10.0. The molecule has 1 unspecified atom stereocenters. The summed E-state index contributed by atoms with van der Waals surface area (Å²) >= 11 is 3.52. The second-order valence-corrected chi connectivity index (χ2v) is 5.63. The van der Waals surface area contributed by atoms with E-state index in [0.717, 1.165) is 6.42 Å². The number of aryl methyl sites for hydroxylation is 1. The van der Waals surface area contributed by atoms with Gasteiger partial charge in [0.1, 0.15) is 5.75 Å². The highest BCUT2D eigenvalue weighted by Gasteiger charge is 2.31. The van der Waals surface area contributed by atoms with E-state index in [9.17, 15) is 13.2 Å². The minimum absolute atomic E-state index is 0.103. The third kappa shape index (κ3) is 5.29. The fourth-order valence-electron chi connectivity index (χ4n) is 1.56. The number of para-hydroxylation sites is 1. The molecule has 0 N–H and O–H groups in total. The summed E-state index contributed by atoms with van der Waals surface area (Å²) in [4.78, 5) is 0.288.